The summed E-state index contributed by atoms with van der Waals surface area (Å²) >= 11 is 12.1. The number of halogens is 2. The highest BCUT2D eigenvalue weighted by molar-refractivity contribution is 6.31. The van der Waals surface area contributed by atoms with Crippen molar-refractivity contribution in [2.75, 3.05) is 0 Å². The lowest BCUT2D eigenvalue weighted by Crippen LogP contribution is -1.96. The maximum atomic E-state index is 6.20. The van der Waals surface area contributed by atoms with Crippen molar-refractivity contribution < 1.29 is 0 Å². The lowest BCUT2D eigenvalue weighted by molar-refractivity contribution is 0.662. The minimum atomic E-state index is 0.378. The van der Waals surface area contributed by atoms with Crippen LogP contribution in [0, 0.1) is 0 Å². The van der Waals surface area contributed by atoms with E-state index in [0.717, 1.165) is 23.4 Å². The summed E-state index contributed by atoms with van der Waals surface area (Å²) in [7, 11) is 0. The lowest BCUT2D eigenvalue weighted by Gasteiger charge is -1.98. The minimum Gasteiger partial charge on any atom is -0.253 e. The Morgan fingerprint density at radius 3 is 2.50 bits per heavy atom. The van der Waals surface area contributed by atoms with Gasteiger partial charge in [-0.15, -0.1) is 11.6 Å². The van der Waals surface area contributed by atoms with E-state index in [1.807, 2.05) is 37.3 Å². The van der Waals surface area contributed by atoms with Gasteiger partial charge in [-0.2, -0.15) is 5.10 Å². The summed E-state index contributed by atoms with van der Waals surface area (Å²) in [4.78, 5) is 0. The fourth-order valence-corrected chi connectivity index (χ4v) is 2.27. The number of hydrogen-bond acceptors (Lipinski definition) is 1. The van der Waals surface area contributed by atoms with Crippen LogP contribution in [0.1, 0.15) is 12.5 Å². The van der Waals surface area contributed by atoms with Gasteiger partial charge in [-0.1, -0.05) is 41.9 Å². The second-order valence-electron chi connectivity index (χ2n) is 3.43. The zero-order chi connectivity index (χ0) is 11.5. The number of aromatic nitrogens is 2. The quantitative estimate of drug-likeness (QED) is 0.759. The van der Waals surface area contributed by atoms with Gasteiger partial charge in [0.05, 0.1) is 11.6 Å². The smallest absolute Gasteiger partial charge is 0.132 e. The molecule has 0 aliphatic heterocycles. The fraction of sp³-hybridized carbons (Fsp3) is 0.250. The highest BCUT2D eigenvalue weighted by Gasteiger charge is 2.15. The zero-order valence-corrected chi connectivity index (χ0v) is 10.5. The van der Waals surface area contributed by atoms with Crippen molar-refractivity contribution in [3.63, 3.8) is 0 Å². The van der Waals surface area contributed by atoms with E-state index in [1.54, 1.807) is 4.68 Å². The fourth-order valence-electron chi connectivity index (χ4n) is 1.63. The van der Waals surface area contributed by atoms with Crippen molar-refractivity contribution in [3.05, 3.63) is 41.0 Å². The first-order chi connectivity index (χ1) is 7.77. The third-order valence-corrected chi connectivity index (χ3v) is 3.15. The van der Waals surface area contributed by atoms with E-state index in [0.29, 0.717) is 11.0 Å². The van der Waals surface area contributed by atoms with E-state index in [2.05, 4.69) is 5.10 Å². The summed E-state index contributed by atoms with van der Waals surface area (Å²) in [6.07, 6.45) is 0. The first kappa shape index (κ1) is 11.5. The topological polar surface area (TPSA) is 17.8 Å². The monoisotopic (exact) mass is 254 g/mol. The predicted octanol–water partition coefficient (Wildman–Crippen LogP) is 3.96. The molecule has 0 bridgehead atoms. The van der Waals surface area contributed by atoms with E-state index in [4.69, 9.17) is 23.2 Å². The van der Waals surface area contributed by atoms with Gasteiger partial charge in [0.25, 0.3) is 0 Å². The summed E-state index contributed by atoms with van der Waals surface area (Å²) < 4.78 is 1.77. The average Bonchev–Trinajstić information content (AvgIpc) is 2.66. The molecule has 0 aliphatic rings. The lowest BCUT2D eigenvalue weighted by atomic mass is 10.1. The maximum Gasteiger partial charge on any atom is 0.132 e. The number of nitrogens with zero attached hydrogens (tertiary/aromatic N) is 2. The van der Waals surface area contributed by atoms with Crippen molar-refractivity contribution in [2.24, 2.45) is 0 Å². The van der Waals surface area contributed by atoms with Crippen LogP contribution in [0.3, 0.4) is 0 Å². The van der Waals surface area contributed by atoms with Crippen LogP contribution in [0.25, 0.3) is 11.3 Å². The first-order valence-corrected chi connectivity index (χ1v) is 6.05. The molecule has 4 heteroatoms. The molecular formula is C12H12Cl2N2. The Morgan fingerprint density at radius 2 is 1.94 bits per heavy atom. The highest BCUT2D eigenvalue weighted by atomic mass is 35.5. The van der Waals surface area contributed by atoms with Gasteiger partial charge in [0, 0.05) is 17.7 Å². The molecule has 2 aromatic rings. The number of benzene rings is 1. The molecule has 0 saturated carbocycles. The van der Waals surface area contributed by atoms with Gasteiger partial charge in [-0.3, -0.25) is 4.68 Å². The molecule has 0 unspecified atom stereocenters. The molecule has 0 radical (unpaired) electrons. The normalized spacial score (nSPS) is 10.7. The molecule has 0 saturated heterocycles. The molecule has 0 atom stereocenters. The van der Waals surface area contributed by atoms with Crippen molar-refractivity contribution in [1.82, 2.24) is 9.78 Å². The molecule has 1 aromatic heterocycles. The molecule has 0 amide bonds. The summed E-state index contributed by atoms with van der Waals surface area (Å²) in [5, 5.41) is 5.11. The van der Waals surface area contributed by atoms with E-state index in [-0.39, 0.29) is 0 Å². The minimum absolute atomic E-state index is 0.378. The largest absolute Gasteiger partial charge is 0.253 e. The van der Waals surface area contributed by atoms with Gasteiger partial charge in [-0.25, -0.2) is 0 Å². The van der Waals surface area contributed by atoms with Crippen molar-refractivity contribution in [2.45, 2.75) is 19.3 Å². The molecule has 2 nitrogen and oxygen atoms in total. The van der Waals surface area contributed by atoms with Crippen LogP contribution >= 0.6 is 23.2 Å². The Kier molecular flexibility index (Phi) is 3.52. The zero-order valence-electron chi connectivity index (χ0n) is 8.95. The third kappa shape index (κ3) is 1.95. The van der Waals surface area contributed by atoms with Crippen molar-refractivity contribution >= 4 is 23.2 Å². The molecule has 1 aromatic carbocycles. The van der Waals surface area contributed by atoms with Crippen LogP contribution in [0.15, 0.2) is 30.3 Å². The first-order valence-electron chi connectivity index (χ1n) is 5.14. The number of rotatable bonds is 3. The van der Waals surface area contributed by atoms with E-state index in [9.17, 15) is 0 Å². The Bertz CT molecular complexity index is 477. The Hall–Kier alpha value is -0.990. The molecule has 0 aliphatic carbocycles. The Balaban J connectivity index is 2.57. The van der Waals surface area contributed by atoms with Gasteiger partial charge in [0.2, 0.25) is 0 Å². The van der Waals surface area contributed by atoms with Crippen LogP contribution in [0.4, 0.5) is 0 Å². The molecule has 16 heavy (non-hydrogen) atoms. The van der Waals surface area contributed by atoms with E-state index >= 15 is 0 Å². The molecular weight excluding hydrogens is 243 g/mol. The summed E-state index contributed by atoms with van der Waals surface area (Å²) in [6, 6.07) is 9.95. The molecule has 1 heterocycles. The standard InChI is InChI=1S/C12H12Cl2N2/c1-2-16-12(14)10(8-13)11(15-16)9-6-4-3-5-7-9/h3-7H,2,8H2,1H3. The predicted molar refractivity (Wildman–Crippen MR) is 67.9 cm³/mol. The van der Waals surface area contributed by atoms with Crippen LogP contribution in [0.2, 0.25) is 5.15 Å². The highest BCUT2D eigenvalue weighted by Crippen LogP contribution is 2.29. The van der Waals surface area contributed by atoms with Gasteiger partial charge >= 0.3 is 0 Å². The summed E-state index contributed by atoms with van der Waals surface area (Å²) in [6.45, 7) is 2.75. The maximum absolute atomic E-state index is 6.20. The van der Waals surface area contributed by atoms with E-state index < -0.39 is 0 Å². The molecule has 0 N–H and O–H groups in total. The van der Waals surface area contributed by atoms with E-state index in [1.165, 1.54) is 0 Å². The molecule has 2 rings (SSSR count). The second-order valence-corrected chi connectivity index (χ2v) is 4.06. The van der Waals surface area contributed by atoms with Crippen LogP contribution in [-0.4, -0.2) is 9.78 Å². The van der Waals surface area contributed by atoms with Crippen LogP contribution < -0.4 is 0 Å². The number of aryl methyl sites for hydroxylation is 1. The number of hydrogen-bond donors (Lipinski definition) is 0. The number of alkyl halides is 1. The van der Waals surface area contributed by atoms with Crippen molar-refractivity contribution in [1.29, 1.82) is 0 Å². The van der Waals surface area contributed by atoms with Crippen molar-refractivity contribution in [3.8, 4) is 11.3 Å². The summed E-state index contributed by atoms with van der Waals surface area (Å²) in [5.41, 5.74) is 2.83. The third-order valence-electron chi connectivity index (χ3n) is 2.46. The van der Waals surface area contributed by atoms with Gasteiger partial charge in [0.1, 0.15) is 5.15 Å². The van der Waals surface area contributed by atoms with Crippen LogP contribution in [-0.2, 0) is 12.4 Å². The van der Waals surface area contributed by atoms with Gasteiger partial charge < -0.3 is 0 Å². The van der Waals surface area contributed by atoms with Crippen LogP contribution in [0.5, 0.6) is 0 Å². The second kappa shape index (κ2) is 4.89. The molecule has 84 valence electrons. The van der Waals surface area contributed by atoms with Gasteiger partial charge in [0.15, 0.2) is 0 Å². The molecule has 0 spiro atoms. The molecule has 0 fully saturated rings. The Labute approximate surface area is 105 Å². The SMILES string of the molecule is CCn1nc(-c2ccccc2)c(CCl)c1Cl. The average molecular weight is 255 g/mol. The Morgan fingerprint density at radius 1 is 1.25 bits per heavy atom. The summed E-state index contributed by atoms with van der Waals surface area (Å²) in [5.74, 6) is 0.378. The van der Waals surface area contributed by atoms with Gasteiger partial charge in [-0.05, 0) is 6.92 Å².